The molecule has 0 saturated carbocycles. The molecular weight excluding hydrogens is 474 g/mol. The van der Waals surface area contributed by atoms with Gasteiger partial charge in [-0.05, 0) is 49.4 Å². The van der Waals surface area contributed by atoms with Crippen LogP contribution in [-0.2, 0) is 22.4 Å². The van der Waals surface area contributed by atoms with E-state index >= 15 is 0 Å². The van der Waals surface area contributed by atoms with Gasteiger partial charge in [0.25, 0.3) is 0 Å². The summed E-state index contributed by atoms with van der Waals surface area (Å²) in [6.45, 7) is 5.37. The summed E-state index contributed by atoms with van der Waals surface area (Å²) in [6.07, 6.45) is 7.04. The van der Waals surface area contributed by atoms with Gasteiger partial charge in [0, 0.05) is 68.3 Å². The number of nitrogens with one attached hydrogen (secondary N) is 2. The second-order valence-electron chi connectivity index (χ2n) is 9.66. The number of methoxy groups -OCH3 is 1. The van der Waals surface area contributed by atoms with Crippen LogP contribution in [0, 0.1) is 5.92 Å². The van der Waals surface area contributed by atoms with Crippen LogP contribution in [0.25, 0.3) is 21.1 Å². The molecule has 4 aromatic rings. The highest BCUT2D eigenvalue weighted by molar-refractivity contribution is 7.19. The summed E-state index contributed by atoms with van der Waals surface area (Å²) >= 11 is 1.71. The van der Waals surface area contributed by atoms with Crippen LogP contribution in [0.5, 0.6) is 0 Å². The number of rotatable bonds is 7. The van der Waals surface area contributed by atoms with Crippen LogP contribution in [0.4, 0.5) is 11.5 Å². The van der Waals surface area contributed by atoms with Gasteiger partial charge < -0.3 is 15.0 Å². The quantitative estimate of drug-likeness (QED) is 0.370. The fourth-order valence-corrected chi connectivity index (χ4v) is 6.72. The number of benzene rings is 1. The molecule has 4 heterocycles. The first-order valence-corrected chi connectivity index (χ1v) is 13.5. The van der Waals surface area contributed by atoms with Gasteiger partial charge in [-0.2, -0.15) is 5.10 Å². The van der Waals surface area contributed by atoms with E-state index in [0.717, 1.165) is 97.6 Å². The lowest BCUT2D eigenvalue weighted by molar-refractivity contribution is -0.137. The summed E-state index contributed by atoms with van der Waals surface area (Å²) in [5.41, 5.74) is 3.27. The fraction of sp³-hybridized carbons (Fsp3) is 0.462. The van der Waals surface area contributed by atoms with Crippen LogP contribution in [0.1, 0.15) is 23.3 Å². The zero-order chi connectivity index (χ0) is 24.5. The van der Waals surface area contributed by atoms with Crippen LogP contribution in [0.2, 0.25) is 0 Å². The Hall–Kier alpha value is -3.08. The standard InChI is InChI=1S/C26H31N7O2S/c1-35-12-2-7-32-8-10-33(11-9-32)26(34)17-3-5-20-22(14-17)36-25-23(20)24(27-16-28-25)30-19-4-6-21-18(13-19)15-29-31-21/h4,6,13,15-17H,2-3,5,7-12,14H2,1H3,(H,29,31)(H,27,28,30). The molecule has 1 saturated heterocycles. The van der Waals surface area contributed by atoms with Gasteiger partial charge in [-0.15, -0.1) is 11.3 Å². The maximum Gasteiger partial charge on any atom is 0.226 e. The van der Waals surface area contributed by atoms with E-state index in [1.807, 2.05) is 18.3 Å². The number of ether oxygens (including phenoxy) is 1. The number of hydrogen-bond acceptors (Lipinski definition) is 8. The number of hydrogen-bond donors (Lipinski definition) is 2. The van der Waals surface area contributed by atoms with E-state index < -0.39 is 0 Å². The average molecular weight is 506 g/mol. The van der Waals surface area contributed by atoms with Gasteiger partial charge in [-0.1, -0.05) is 0 Å². The lowest BCUT2D eigenvalue weighted by Crippen LogP contribution is -2.51. The van der Waals surface area contributed by atoms with E-state index in [1.54, 1.807) is 24.8 Å². The predicted octanol–water partition coefficient (Wildman–Crippen LogP) is 3.60. The molecule has 36 heavy (non-hydrogen) atoms. The highest BCUT2D eigenvalue weighted by atomic mass is 32.1. The predicted molar refractivity (Wildman–Crippen MR) is 142 cm³/mol. The van der Waals surface area contributed by atoms with Gasteiger partial charge in [0.2, 0.25) is 5.91 Å². The summed E-state index contributed by atoms with van der Waals surface area (Å²) in [7, 11) is 1.74. The highest BCUT2D eigenvalue weighted by Crippen LogP contribution is 2.41. The Labute approximate surface area is 213 Å². The third kappa shape index (κ3) is 4.56. The van der Waals surface area contributed by atoms with Gasteiger partial charge >= 0.3 is 0 Å². The smallest absolute Gasteiger partial charge is 0.226 e. The van der Waals surface area contributed by atoms with E-state index in [4.69, 9.17) is 4.74 Å². The molecule has 10 heteroatoms. The number of amides is 1. The van der Waals surface area contributed by atoms with Crippen LogP contribution >= 0.6 is 11.3 Å². The largest absolute Gasteiger partial charge is 0.385 e. The highest BCUT2D eigenvalue weighted by Gasteiger charge is 2.32. The first kappa shape index (κ1) is 23.3. The van der Waals surface area contributed by atoms with Crippen molar-refractivity contribution in [2.24, 2.45) is 5.92 Å². The molecule has 1 atom stereocenters. The van der Waals surface area contributed by atoms with Gasteiger partial charge in [0.05, 0.1) is 17.1 Å². The molecule has 1 fully saturated rings. The summed E-state index contributed by atoms with van der Waals surface area (Å²) in [6, 6.07) is 6.11. The molecule has 0 radical (unpaired) electrons. The number of H-pyrrole nitrogens is 1. The molecule has 3 aromatic heterocycles. The molecule has 1 amide bonds. The first-order valence-electron chi connectivity index (χ1n) is 12.6. The molecule has 6 rings (SSSR count). The fourth-order valence-electron chi connectivity index (χ4n) is 5.46. The third-order valence-corrected chi connectivity index (χ3v) is 8.57. The molecule has 1 aliphatic carbocycles. The molecule has 1 aromatic carbocycles. The van der Waals surface area contributed by atoms with Crippen molar-refractivity contribution in [1.82, 2.24) is 30.0 Å². The second-order valence-corrected chi connectivity index (χ2v) is 10.7. The van der Waals surface area contributed by atoms with Crippen LogP contribution in [-0.4, -0.2) is 82.3 Å². The van der Waals surface area contributed by atoms with Crippen molar-refractivity contribution in [2.75, 3.05) is 51.8 Å². The monoisotopic (exact) mass is 505 g/mol. The molecule has 188 valence electrons. The van der Waals surface area contributed by atoms with Crippen molar-refractivity contribution in [3.05, 3.63) is 41.2 Å². The van der Waals surface area contributed by atoms with Crippen molar-refractivity contribution in [3.63, 3.8) is 0 Å². The molecule has 1 unspecified atom stereocenters. The van der Waals surface area contributed by atoms with Crippen molar-refractivity contribution in [3.8, 4) is 0 Å². The summed E-state index contributed by atoms with van der Waals surface area (Å²) < 4.78 is 5.17. The Balaban J connectivity index is 1.15. The van der Waals surface area contributed by atoms with Gasteiger partial charge in [-0.3, -0.25) is 14.8 Å². The number of aryl methyl sites for hydroxylation is 1. The van der Waals surface area contributed by atoms with Crippen molar-refractivity contribution in [1.29, 1.82) is 0 Å². The molecule has 2 aliphatic rings. The number of fused-ring (bicyclic) bond motifs is 4. The number of aromatic amines is 1. The zero-order valence-electron chi connectivity index (χ0n) is 20.5. The van der Waals surface area contributed by atoms with Gasteiger partial charge in [0.1, 0.15) is 17.0 Å². The summed E-state index contributed by atoms with van der Waals surface area (Å²) in [5.74, 6) is 1.20. The lowest BCUT2D eigenvalue weighted by atomic mass is 9.86. The van der Waals surface area contributed by atoms with E-state index in [1.165, 1.54) is 10.4 Å². The normalized spacial score (nSPS) is 18.6. The lowest BCUT2D eigenvalue weighted by Gasteiger charge is -2.37. The van der Waals surface area contributed by atoms with Crippen LogP contribution in [0.3, 0.4) is 0 Å². The molecule has 9 nitrogen and oxygen atoms in total. The molecule has 1 aliphatic heterocycles. The van der Waals surface area contributed by atoms with E-state index in [2.05, 4.69) is 41.3 Å². The molecule has 2 N–H and O–H groups in total. The van der Waals surface area contributed by atoms with Crippen molar-refractivity contribution in [2.45, 2.75) is 25.7 Å². The number of carbonyl (C=O) groups is 1. The second kappa shape index (κ2) is 10.1. The molecule has 0 bridgehead atoms. The Morgan fingerprint density at radius 2 is 2.14 bits per heavy atom. The minimum absolute atomic E-state index is 0.0541. The minimum Gasteiger partial charge on any atom is -0.385 e. The number of anilines is 2. The zero-order valence-corrected chi connectivity index (χ0v) is 21.3. The number of thiophene rings is 1. The maximum atomic E-state index is 13.4. The van der Waals surface area contributed by atoms with Crippen LogP contribution in [0.15, 0.2) is 30.7 Å². The Morgan fingerprint density at radius 3 is 3.00 bits per heavy atom. The average Bonchev–Trinajstić information content (AvgIpc) is 3.53. The number of piperazine rings is 1. The Morgan fingerprint density at radius 1 is 1.25 bits per heavy atom. The van der Waals surface area contributed by atoms with Gasteiger partial charge in [-0.25, -0.2) is 9.97 Å². The van der Waals surface area contributed by atoms with Crippen LogP contribution < -0.4 is 5.32 Å². The van der Waals surface area contributed by atoms with Crippen molar-refractivity contribution >= 4 is 49.9 Å². The number of carbonyl (C=O) groups excluding carboxylic acids is 1. The maximum absolute atomic E-state index is 13.4. The first-order chi connectivity index (χ1) is 17.7. The molecular formula is C26H31N7O2S. The Bertz CT molecular complexity index is 1380. The SMILES string of the molecule is COCCCN1CCN(C(=O)C2CCc3c(sc4ncnc(Nc5ccc6[nH]ncc6c5)c34)C2)CC1. The summed E-state index contributed by atoms with van der Waals surface area (Å²) in [5, 5.41) is 12.7. The van der Waals surface area contributed by atoms with E-state index in [-0.39, 0.29) is 5.92 Å². The summed E-state index contributed by atoms with van der Waals surface area (Å²) in [4.78, 5) is 29.3. The number of nitrogens with zero attached hydrogens (tertiary/aromatic N) is 5. The van der Waals surface area contributed by atoms with E-state index in [9.17, 15) is 4.79 Å². The Kier molecular flexibility index (Phi) is 6.56. The van der Waals surface area contributed by atoms with Gasteiger partial charge in [0.15, 0.2) is 0 Å². The topological polar surface area (TPSA) is 99.3 Å². The number of aromatic nitrogens is 4. The minimum atomic E-state index is 0.0541. The third-order valence-electron chi connectivity index (χ3n) is 7.40. The van der Waals surface area contributed by atoms with E-state index in [0.29, 0.717) is 5.91 Å². The molecule has 0 spiro atoms. The van der Waals surface area contributed by atoms with Crippen molar-refractivity contribution < 1.29 is 9.53 Å².